The minimum atomic E-state index is 0.174. The maximum absolute atomic E-state index is 12.1. The lowest BCUT2D eigenvalue weighted by atomic mass is 10.1. The zero-order valence-electron chi connectivity index (χ0n) is 10.9. The van der Waals surface area contributed by atoms with Gasteiger partial charge in [0.2, 0.25) is 5.91 Å². The van der Waals surface area contributed by atoms with Crippen molar-refractivity contribution in [3.63, 3.8) is 0 Å². The molecule has 1 aromatic rings. The fourth-order valence-electron chi connectivity index (χ4n) is 1.77. The number of anilines is 2. The SMILES string of the molecule is CCCN(C(=O)CC(C)C)c1cccc(N)c1. The normalized spacial score (nSPS) is 10.6. The van der Waals surface area contributed by atoms with Gasteiger partial charge in [0.25, 0.3) is 0 Å². The summed E-state index contributed by atoms with van der Waals surface area (Å²) in [7, 11) is 0. The molecular weight excluding hydrogens is 212 g/mol. The van der Waals surface area contributed by atoms with Crippen LogP contribution in [0.15, 0.2) is 24.3 Å². The van der Waals surface area contributed by atoms with Crippen molar-refractivity contribution in [2.45, 2.75) is 33.6 Å². The van der Waals surface area contributed by atoms with Crippen LogP contribution in [-0.2, 0) is 4.79 Å². The monoisotopic (exact) mass is 234 g/mol. The van der Waals surface area contributed by atoms with Crippen molar-refractivity contribution in [3.8, 4) is 0 Å². The number of carbonyl (C=O) groups is 1. The third-order valence-corrected chi connectivity index (χ3v) is 2.51. The summed E-state index contributed by atoms with van der Waals surface area (Å²) in [4.78, 5) is 14.0. The molecular formula is C14H22N2O. The van der Waals surface area contributed by atoms with Crippen LogP contribution in [0.5, 0.6) is 0 Å². The third kappa shape index (κ3) is 4.10. The van der Waals surface area contributed by atoms with Crippen molar-refractivity contribution in [2.24, 2.45) is 5.92 Å². The predicted octanol–water partition coefficient (Wildman–Crippen LogP) is 3.06. The molecule has 0 atom stereocenters. The minimum Gasteiger partial charge on any atom is -0.399 e. The van der Waals surface area contributed by atoms with Crippen LogP contribution in [0.2, 0.25) is 0 Å². The van der Waals surface area contributed by atoms with Gasteiger partial charge in [0.1, 0.15) is 0 Å². The maximum atomic E-state index is 12.1. The Kier molecular flexibility index (Phi) is 5.01. The van der Waals surface area contributed by atoms with E-state index >= 15 is 0 Å². The van der Waals surface area contributed by atoms with Gasteiger partial charge in [-0.2, -0.15) is 0 Å². The highest BCUT2D eigenvalue weighted by Crippen LogP contribution is 2.19. The van der Waals surface area contributed by atoms with Gasteiger partial charge in [0.05, 0.1) is 0 Å². The Morgan fingerprint density at radius 1 is 1.41 bits per heavy atom. The molecule has 3 nitrogen and oxygen atoms in total. The minimum absolute atomic E-state index is 0.174. The molecule has 3 heteroatoms. The summed E-state index contributed by atoms with van der Waals surface area (Å²) in [5.41, 5.74) is 7.35. The molecule has 0 heterocycles. The van der Waals surface area contributed by atoms with Crippen LogP contribution in [0.25, 0.3) is 0 Å². The van der Waals surface area contributed by atoms with Crippen molar-refractivity contribution < 1.29 is 4.79 Å². The standard InChI is InChI=1S/C14H22N2O/c1-4-8-16(14(17)9-11(2)3)13-7-5-6-12(15)10-13/h5-7,10-11H,4,8-9,15H2,1-3H3. The van der Waals surface area contributed by atoms with E-state index in [1.165, 1.54) is 0 Å². The Morgan fingerprint density at radius 2 is 2.12 bits per heavy atom. The molecule has 2 N–H and O–H groups in total. The fraction of sp³-hybridized carbons (Fsp3) is 0.500. The summed E-state index contributed by atoms with van der Waals surface area (Å²) in [6.45, 7) is 6.93. The number of amides is 1. The average Bonchev–Trinajstić information content (AvgIpc) is 2.24. The largest absolute Gasteiger partial charge is 0.399 e. The zero-order valence-corrected chi connectivity index (χ0v) is 10.9. The Labute approximate surface area is 104 Å². The van der Waals surface area contributed by atoms with E-state index < -0.39 is 0 Å². The highest BCUT2D eigenvalue weighted by molar-refractivity contribution is 5.93. The molecule has 0 fully saturated rings. The van der Waals surface area contributed by atoms with Crippen LogP contribution < -0.4 is 10.6 Å². The molecule has 17 heavy (non-hydrogen) atoms. The molecule has 0 saturated heterocycles. The van der Waals surface area contributed by atoms with Gasteiger partial charge in [-0.3, -0.25) is 4.79 Å². The average molecular weight is 234 g/mol. The number of nitrogens with two attached hydrogens (primary N) is 1. The molecule has 0 aliphatic carbocycles. The summed E-state index contributed by atoms with van der Waals surface area (Å²) >= 11 is 0. The van der Waals surface area contributed by atoms with Gasteiger partial charge < -0.3 is 10.6 Å². The van der Waals surface area contributed by atoms with E-state index in [0.29, 0.717) is 18.0 Å². The molecule has 1 rings (SSSR count). The number of benzene rings is 1. The van der Waals surface area contributed by atoms with Crippen LogP contribution in [0.3, 0.4) is 0 Å². The number of hydrogen-bond acceptors (Lipinski definition) is 2. The van der Waals surface area contributed by atoms with Gasteiger partial charge in [-0.15, -0.1) is 0 Å². The zero-order chi connectivity index (χ0) is 12.8. The van der Waals surface area contributed by atoms with Gasteiger partial charge in [-0.05, 0) is 30.5 Å². The smallest absolute Gasteiger partial charge is 0.227 e. The maximum Gasteiger partial charge on any atom is 0.227 e. The molecule has 0 aliphatic heterocycles. The van der Waals surface area contributed by atoms with Crippen LogP contribution in [0.1, 0.15) is 33.6 Å². The van der Waals surface area contributed by atoms with E-state index in [0.717, 1.165) is 18.7 Å². The molecule has 0 spiro atoms. The molecule has 1 aromatic carbocycles. The summed E-state index contributed by atoms with van der Waals surface area (Å²) in [6.07, 6.45) is 1.52. The number of hydrogen-bond donors (Lipinski definition) is 1. The fourth-order valence-corrected chi connectivity index (χ4v) is 1.77. The second kappa shape index (κ2) is 6.28. The molecule has 0 bridgehead atoms. The Hall–Kier alpha value is -1.51. The summed E-state index contributed by atoms with van der Waals surface area (Å²) in [5, 5.41) is 0. The summed E-state index contributed by atoms with van der Waals surface area (Å²) < 4.78 is 0. The van der Waals surface area contributed by atoms with Crippen molar-refractivity contribution in [2.75, 3.05) is 17.2 Å². The van der Waals surface area contributed by atoms with E-state index in [9.17, 15) is 4.79 Å². The Balaban J connectivity index is 2.88. The van der Waals surface area contributed by atoms with Crippen molar-refractivity contribution >= 4 is 17.3 Å². The highest BCUT2D eigenvalue weighted by atomic mass is 16.2. The highest BCUT2D eigenvalue weighted by Gasteiger charge is 2.15. The van der Waals surface area contributed by atoms with E-state index in [1.54, 1.807) is 0 Å². The quantitative estimate of drug-likeness (QED) is 0.796. The van der Waals surface area contributed by atoms with E-state index in [-0.39, 0.29) is 5.91 Å². The van der Waals surface area contributed by atoms with Crippen LogP contribution >= 0.6 is 0 Å². The van der Waals surface area contributed by atoms with Gasteiger partial charge in [0.15, 0.2) is 0 Å². The summed E-state index contributed by atoms with van der Waals surface area (Å²) in [5.74, 6) is 0.551. The molecule has 0 radical (unpaired) electrons. The van der Waals surface area contributed by atoms with Crippen molar-refractivity contribution in [3.05, 3.63) is 24.3 Å². The first-order valence-electron chi connectivity index (χ1n) is 6.20. The lowest BCUT2D eigenvalue weighted by Gasteiger charge is -2.23. The first kappa shape index (κ1) is 13.6. The molecule has 0 saturated carbocycles. The second-order valence-electron chi connectivity index (χ2n) is 4.74. The van der Waals surface area contributed by atoms with Crippen LogP contribution in [-0.4, -0.2) is 12.5 Å². The van der Waals surface area contributed by atoms with E-state index in [2.05, 4.69) is 20.8 Å². The number of rotatable bonds is 5. The first-order valence-corrected chi connectivity index (χ1v) is 6.20. The van der Waals surface area contributed by atoms with Gasteiger partial charge in [-0.1, -0.05) is 26.8 Å². The van der Waals surface area contributed by atoms with Crippen molar-refractivity contribution in [1.29, 1.82) is 0 Å². The molecule has 0 unspecified atom stereocenters. The second-order valence-corrected chi connectivity index (χ2v) is 4.74. The molecule has 94 valence electrons. The topological polar surface area (TPSA) is 46.3 Å². The van der Waals surface area contributed by atoms with Crippen LogP contribution in [0, 0.1) is 5.92 Å². The van der Waals surface area contributed by atoms with E-state index in [4.69, 9.17) is 5.73 Å². The first-order chi connectivity index (χ1) is 8.04. The van der Waals surface area contributed by atoms with E-state index in [1.807, 2.05) is 29.2 Å². The lowest BCUT2D eigenvalue weighted by molar-refractivity contribution is -0.119. The number of carbonyl (C=O) groups excluding carboxylic acids is 1. The number of nitrogen functional groups attached to an aromatic ring is 1. The Bertz CT molecular complexity index is 374. The summed E-state index contributed by atoms with van der Waals surface area (Å²) in [6, 6.07) is 7.51. The third-order valence-electron chi connectivity index (χ3n) is 2.51. The van der Waals surface area contributed by atoms with Crippen molar-refractivity contribution in [1.82, 2.24) is 0 Å². The van der Waals surface area contributed by atoms with Gasteiger partial charge in [-0.25, -0.2) is 0 Å². The lowest BCUT2D eigenvalue weighted by Crippen LogP contribution is -2.32. The predicted molar refractivity (Wildman–Crippen MR) is 73.0 cm³/mol. The molecule has 1 amide bonds. The Morgan fingerprint density at radius 3 is 2.65 bits per heavy atom. The molecule has 0 aliphatic rings. The van der Waals surface area contributed by atoms with Gasteiger partial charge >= 0.3 is 0 Å². The number of nitrogens with zero attached hydrogens (tertiary/aromatic N) is 1. The van der Waals surface area contributed by atoms with Gasteiger partial charge in [0, 0.05) is 24.3 Å². The molecule has 0 aromatic heterocycles. The van der Waals surface area contributed by atoms with Crippen LogP contribution in [0.4, 0.5) is 11.4 Å².